The quantitative estimate of drug-likeness (QED) is 0.495. The second-order valence-corrected chi connectivity index (χ2v) is 14.0. The van der Waals surface area contributed by atoms with Crippen LogP contribution in [0.4, 0.5) is 0 Å². The van der Waals surface area contributed by atoms with E-state index in [0.29, 0.717) is 35.4 Å². The molecule has 3 nitrogen and oxygen atoms in total. The average molecular weight is 443 g/mol. The van der Waals surface area contributed by atoms with Gasteiger partial charge < -0.3 is 5.11 Å². The highest BCUT2D eigenvalue weighted by atomic mass is 16.4. The first kappa shape index (κ1) is 22.9. The summed E-state index contributed by atoms with van der Waals surface area (Å²) in [6, 6.07) is 0. The standard InChI is InChI=1S/C29H46O3/c1-7-18-10-15-29(24(31)32)17-16-27(5)19(23(18)29)8-9-21-26(4)13-12-22(30)25(2,3)20(26)11-14-28(21,27)6/h18-21,23H,7-17H2,1-6H3,(H,31,32)/t18-,19-,20+,21-,23-,26+,27-,28-,29+/m1/s1. The third-order valence-electron chi connectivity index (χ3n) is 13.3. The van der Waals surface area contributed by atoms with Crippen LogP contribution in [0.1, 0.15) is 112 Å². The monoisotopic (exact) mass is 442 g/mol. The van der Waals surface area contributed by atoms with Crippen LogP contribution in [0, 0.1) is 56.7 Å². The van der Waals surface area contributed by atoms with Crippen molar-refractivity contribution in [1.29, 1.82) is 0 Å². The summed E-state index contributed by atoms with van der Waals surface area (Å²) < 4.78 is 0. The van der Waals surface area contributed by atoms with Crippen molar-refractivity contribution in [3.63, 3.8) is 0 Å². The van der Waals surface area contributed by atoms with Crippen LogP contribution in [0.3, 0.4) is 0 Å². The molecule has 9 atom stereocenters. The van der Waals surface area contributed by atoms with Crippen molar-refractivity contribution in [3.05, 3.63) is 0 Å². The van der Waals surface area contributed by atoms with Crippen molar-refractivity contribution in [3.8, 4) is 0 Å². The molecule has 0 heterocycles. The minimum Gasteiger partial charge on any atom is -0.481 e. The van der Waals surface area contributed by atoms with E-state index >= 15 is 0 Å². The molecule has 0 amide bonds. The van der Waals surface area contributed by atoms with Gasteiger partial charge in [-0.25, -0.2) is 0 Å². The van der Waals surface area contributed by atoms with E-state index in [1.54, 1.807) is 0 Å². The maximum atomic E-state index is 12.9. The molecule has 0 spiro atoms. The fourth-order valence-corrected chi connectivity index (χ4v) is 11.4. The van der Waals surface area contributed by atoms with E-state index in [-0.39, 0.29) is 21.7 Å². The Balaban J connectivity index is 1.56. The Morgan fingerprint density at radius 2 is 1.59 bits per heavy atom. The topological polar surface area (TPSA) is 54.4 Å². The third-order valence-corrected chi connectivity index (χ3v) is 13.3. The number of carbonyl (C=O) groups is 2. The molecule has 1 N–H and O–H groups in total. The summed E-state index contributed by atoms with van der Waals surface area (Å²) in [6.07, 6.45) is 11.7. The van der Waals surface area contributed by atoms with Crippen LogP contribution < -0.4 is 0 Å². The summed E-state index contributed by atoms with van der Waals surface area (Å²) in [5.41, 5.74) is 0.0455. The predicted molar refractivity (Wildman–Crippen MR) is 127 cm³/mol. The molecule has 5 aliphatic rings. The summed E-state index contributed by atoms with van der Waals surface area (Å²) in [5, 5.41) is 10.4. The number of rotatable bonds is 2. The lowest BCUT2D eigenvalue weighted by Gasteiger charge is -2.72. The summed E-state index contributed by atoms with van der Waals surface area (Å²) in [5.74, 6) is 2.59. The van der Waals surface area contributed by atoms with Gasteiger partial charge in [-0.1, -0.05) is 48.0 Å². The lowest BCUT2D eigenvalue weighted by molar-refractivity contribution is -0.236. The van der Waals surface area contributed by atoms with Crippen LogP contribution in [0.25, 0.3) is 0 Å². The van der Waals surface area contributed by atoms with Gasteiger partial charge >= 0.3 is 5.97 Å². The van der Waals surface area contributed by atoms with Crippen molar-refractivity contribution < 1.29 is 14.7 Å². The molecule has 5 saturated carbocycles. The van der Waals surface area contributed by atoms with Gasteiger partial charge in [0.25, 0.3) is 0 Å². The summed E-state index contributed by atoms with van der Waals surface area (Å²) >= 11 is 0. The Morgan fingerprint density at radius 3 is 2.25 bits per heavy atom. The molecular weight excluding hydrogens is 396 g/mol. The Bertz CT molecular complexity index is 830. The molecule has 0 unspecified atom stereocenters. The molecule has 0 aromatic heterocycles. The molecule has 0 radical (unpaired) electrons. The molecule has 5 fully saturated rings. The minimum atomic E-state index is -0.504. The van der Waals surface area contributed by atoms with Gasteiger partial charge in [0.15, 0.2) is 0 Å². The smallest absolute Gasteiger partial charge is 0.309 e. The van der Waals surface area contributed by atoms with E-state index in [4.69, 9.17) is 0 Å². The van der Waals surface area contributed by atoms with Crippen LogP contribution in [-0.4, -0.2) is 16.9 Å². The highest BCUT2D eigenvalue weighted by molar-refractivity contribution is 5.85. The number of fused-ring (bicyclic) bond motifs is 7. The Labute approximate surface area is 195 Å². The summed E-state index contributed by atoms with van der Waals surface area (Å²) in [4.78, 5) is 25.6. The van der Waals surface area contributed by atoms with Crippen molar-refractivity contribution in [1.82, 2.24) is 0 Å². The zero-order valence-electron chi connectivity index (χ0n) is 21.4. The number of aliphatic carboxylic acids is 1. The Kier molecular flexibility index (Phi) is 4.90. The van der Waals surface area contributed by atoms with Crippen molar-refractivity contribution in [2.45, 2.75) is 112 Å². The predicted octanol–water partition coefficient (Wildman–Crippen LogP) is 7.13. The number of carbonyl (C=O) groups excluding carboxylic acids is 1. The molecule has 5 aliphatic carbocycles. The summed E-state index contributed by atoms with van der Waals surface area (Å²) in [6.45, 7) is 14.4. The number of carboxylic acid groups (broad SMARTS) is 1. The van der Waals surface area contributed by atoms with Crippen molar-refractivity contribution in [2.75, 3.05) is 0 Å². The Morgan fingerprint density at radius 1 is 0.875 bits per heavy atom. The highest BCUT2D eigenvalue weighted by Crippen LogP contribution is 2.77. The number of ketones is 1. The molecule has 0 aliphatic heterocycles. The average Bonchev–Trinajstić information content (AvgIpc) is 3.12. The molecule has 0 aromatic rings. The molecule has 5 rings (SSSR count). The van der Waals surface area contributed by atoms with Gasteiger partial charge in [0.2, 0.25) is 0 Å². The van der Waals surface area contributed by atoms with E-state index < -0.39 is 11.4 Å². The van der Waals surface area contributed by atoms with Gasteiger partial charge in [-0.3, -0.25) is 9.59 Å². The number of carboxylic acids is 1. The van der Waals surface area contributed by atoms with Gasteiger partial charge in [-0.15, -0.1) is 0 Å². The van der Waals surface area contributed by atoms with Crippen molar-refractivity contribution in [2.24, 2.45) is 56.7 Å². The maximum Gasteiger partial charge on any atom is 0.309 e. The Hall–Kier alpha value is -0.860. The first-order valence-electron chi connectivity index (χ1n) is 13.7. The van der Waals surface area contributed by atoms with Gasteiger partial charge in [0.05, 0.1) is 5.41 Å². The lowest BCUT2D eigenvalue weighted by Crippen LogP contribution is -2.66. The molecule has 32 heavy (non-hydrogen) atoms. The second kappa shape index (κ2) is 6.85. The molecular formula is C29H46O3. The number of hydrogen-bond donors (Lipinski definition) is 1. The second-order valence-electron chi connectivity index (χ2n) is 14.0. The number of Topliss-reactive ketones (excluding diaryl/α,β-unsaturated/α-hetero) is 1. The first-order valence-corrected chi connectivity index (χ1v) is 13.7. The van der Waals surface area contributed by atoms with Gasteiger partial charge in [0, 0.05) is 11.8 Å². The van der Waals surface area contributed by atoms with E-state index in [2.05, 4.69) is 41.5 Å². The van der Waals surface area contributed by atoms with Crippen LogP contribution >= 0.6 is 0 Å². The largest absolute Gasteiger partial charge is 0.481 e. The van der Waals surface area contributed by atoms with E-state index in [1.807, 2.05) is 0 Å². The maximum absolute atomic E-state index is 12.9. The van der Waals surface area contributed by atoms with Crippen LogP contribution in [-0.2, 0) is 9.59 Å². The molecule has 0 bridgehead atoms. The molecule has 3 heteroatoms. The van der Waals surface area contributed by atoms with Gasteiger partial charge in [-0.2, -0.15) is 0 Å². The minimum absolute atomic E-state index is 0.199. The summed E-state index contributed by atoms with van der Waals surface area (Å²) in [7, 11) is 0. The van der Waals surface area contributed by atoms with Crippen LogP contribution in [0.15, 0.2) is 0 Å². The normalized spacial score (nSPS) is 54.2. The molecule has 0 aromatic carbocycles. The molecule has 180 valence electrons. The van der Waals surface area contributed by atoms with Gasteiger partial charge in [-0.05, 0) is 104 Å². The van der Waals surface area contributed by atoms with E-state index in [1.165, 1.54) is 19.3 Å². The first-order chi connectivity index (χ1) is 14.9. The van der Waals surface area contributed by atoms with E-state index in [0.717, 1.165) is 51.4 Å². The third kappa shape index (κ3) is 2.50. The SMILES string of the molecule is CC[C@@H]1CC[C@]2(C(=O)O)CC[C@]3(C)[C@H](CC[C@@H]4[C@@]5(C)CCC(=O)C(C)(C)[C@@H]5CC[C@]43C)[C@@H]12. The lowest BCUT2D eigenvalue weighted by atomic mass is 9.32. The fourth-order valence-electron chi connectivity index (χ4n) is 11.4. The fraction of sp³-hybridized carbons (Fsp3) is 0.931. The van der Waals surface area contributed by atoms with Crippen molar-refractivity contribution >= 4 is 11.8 Å². The van der Waals surface area contributed by atoms with Crippen LogP contribution in [0.2, 0.25) is 0 Å². The zero-order chi connectivity index (χ0) is 23.3. The highest BCUT2D eigenvalue weighted by Gasteiger charge is 2.71. The number of hydrogen-bond acceptors (Lipinski definition) is 2. The van der Waals surface area contributed by atoms with E-state index in [9.17, 15) is 14.7 Å². The van der Waals surface area contributed by atoms with Gasteiger partial charge in [0.1, 0.15) is 5.78 Å². The van der Waals surface area contributed by atoms with Crippen LogP contribution in [0.5, 0.6) is 0 Å². The molecule has 0 saturated heterocycles. The zero-order valence-corrected chi connectivity index (χ0v) is 21.4.